The first-order valence-corrected chi connectivity index (χ1v) is 15.8. The van der Waals surface area contributed by atoms with Crippen molar-refractivity contribution in [3.05, 3.63) is 71.5 Å². The van der Waals surface area contributed by atoms with Gasteiger partial charge in [-0.1, -0.05) is 53.7 Å². The highest BCUT2D eigenvalue weighted by molar-refractivity contribution is 5.80. The van der Waals surface area contributed by atoms with Crippen molar-refractivity contribution < 1.29 is 62.3 Å². The van der Waals surface area contributed by atoms with E-state index in [0.717, 1.165) is 59.5 Å². The summed E-state index contributed by atoms with van der Waals surface area (Å²) in [5, 5.41) is 17.7. The third-order valence-corrected chi connectivity index (χ3v) is 8.06. The molecule has 51 heavy (non-hydrogen) atoms. The number of rotatable bonds is 12. The molecule has 1 saturated heterocycles. The minimum Gasteiger partial charge on any atom is -0.480 e. The number of carbonyl (C=O) groups excluding carboxylic acids is 5. The molecule has 0 spiro atoms. The van der Waals surface area contributed by atoms with Gasteiger partial charge in [0.2, 0.25) is 0 Å². The molecule has 17 nitrogen and oxygen atoms in total. The first-order valence-electron chi connectivity index (χ1n) is 15.8. The number of carboxylic acids is 1. The van der Waals surface area contributed by atoms with E-state index in [1.165, 1.54) is 6.20 Å². The number of hydrogen-bond donors (Lipinski definition) is 1. The number of hydrogen-bond acceptors (Lipinski definition) is 14. The molecule has 1 aliphatic carbocycles. The van der Waals surface area contributed by atoms with Crippen molar-refractivity contribution in [1.82, 2.24) is 19.9 Å². The van der Waals surface area contributed by atoms with Gasteiger partial charge in [-0.15, -0.1) is 5.10 Å². The highest BCUT2D eigenvalue weighted by Gasteiger charge is 2.53. The van der Waals surface area contributed by atoms with Gasteiger partial charge in [0, 0.05) is 33.6 Å². The van der Waals surface area contributed by atoms with Crippen LogP contribution in [0.4, 0.5) is 4.79 Å². The molecule has 1 fully saturated rings. The fourth-order valence-electron chi connectivity index (χ4n) is 6.16. The number of aliphatic carboxylic acids is 1. The Kier molecular flexibility index (Phi) is 11.3. The maximum Gasteiger partial charge on any atom is 0.410 e. The van der Waals surface area contributed by atoms with E-state index >= 15 is 0 Å². The highest BCUT2D eigenvalue weighted by Crippen LogP contribution is 2.44. The van der Waals surface area contributed by atoms with Crippen molar-refractivity contribution >= 4 is 35.9 Å². The van der Waals surface area contributed by atoms with Gasteiger partial charge in [0.05, 0.1) is 12.7 Å². The van der Waals surface area contributed by atoms with Gasteiger partial charge in [0.25, 0.3) is 0 Å². The van der Waals surface area contributed by atoms with Crippen LogP contribution in [-0.4, -0.2) is 105 Å². The normalized spacial score (nSPS) is 20.7. The third kappa shape index (κ3) is 8.67. The number of ether oxygens (including phenoxy) is 6. The van der Waals surface area contributed by atoms with Crippen LogP contribution in [0.5, 0.6) is 0 Å². The molecule has 3 unspecified atom stereocenters. The minimum atomic E-state index is -1.46. The predicted molar refractivity (Wildman–Crippen MR) is 170 cm³/mol. The van der Waals surface area contributed by atoms with Crippen molar-refractivity contribution in [3.8, 4) is 11.1 Å². The summed E-state index contributed by atoms with van der Waals surface area (Å²) in [5.74, 6) is -4.67. The SMILES string of the molecule is CC(=O)OCC1O[C@H](n2cc(CN(CC(=O)O)C(=O)OCC3c4ccccc4-c4ccccc43)nn2)C(OC(C)=O)C(OC(C)=O)[C@H]1OC(C)=O. The summed E-state index contributed by atoms with van der Waals surface area (Å²) in [6.45, 7) is 2.83. The second-order valence-electron chi connectivity index (χ2n) is 11.8. The quantitative estimate of drug-likeness (QED) is 0.211. The molecule has 2 heterocycles. The zero-order valence-corrected chi connectivity index (χ0v) is 28.1. The molecule has 270 valence electrons. The molecule has 3 aromatic rings. The molecule has 0 radical (unpaired) electrons. The summed E-state index contributed by atoms with van der Waals surface area (Å²) >= 11 is 0. The van der Waals surface area contributed by atoms with E-state index in [4.69, 9.17) is 28.4 Å². The van der Waals surface area contributed by atoms with Crippen LogP contribution in [0.15, 0.2) is 54.7 Å². The van der Waals surface area contributed by atoms with Crippen molar-refractivity contribution in [3.63, 3.8) is 0 Å². The van der Waals surface area contributed by atoms with Gasteiger partial charge in [-0.2, -0.15) is 0 Å². The fraction of sp³-hybridized carbons (Fsp3) is 0.412. The van der Waals surface area contributed by atoms with Crippen LogP contribution >= 0.6 is 0 Å². The second-order valence-corrected chi connectivity index (χ2v) is 11.8. The molecular formula is C34H36N4O13. The first kappa shape index (κ1) is 36.4. The maximum absolute atomic E-state index is 13.4. The topological polar surface area (TPSA) is 212 Å². The lowest BCUT2D eigenvalue weighted by molar-refractivity contribution is -0.270. The number of esters is 4. The summed E-state index contributed by atoms with van der Waals surface area (Å²) < 4.78 is 34.3. The van der Waals surface area contributed by atoms with Gasteiger partial charge in [-0.25, -0.2) is 9.48 Å². The lowest BCUT2D eigenvalue weighted by atomic mass is 9.97. The van der Waals surface area contributed by atoms with Crippen molar-refractivity contribution in [2.45, 2.75) is 70.8 Å². The Morgan fingerprint density at radius 3 is 1.90 bits per heavy atom. The number of benzene rings is 2. The zero-order valence-electron chi connectivity index (χ0n) is 28.1. The molecule has 1 aliphatic heterocycles. The Bertz CT molecular complexity index is 1760. The Labute approximate surface area is 291 Å². The molecule has 2 aromatic carbocycles. The van der Waals surface area contributed by atoms with Crippen LogP contribution in [0.3, 0.4) is 0 Å². The lowest BCUT2D eigenvalue weighted by Gasteiger charge is -2.44. The number of fused-ring (bicyclic) bond motifs is 3. The van der Waals surface area contributed by atoms with Crippen LogP contribution in [0, 0.1) is 0 Å². The van der Waals surface area contributed by atoms with Gasteiger partial charge in [-0.05, 0) is 22.3 Å². The zero-order chi connectivity index (χ0) is 36.8. The third-order valence-electron chi connectivity index (χ3n) is 8.06. The Balaban J connectivity index is 1.38. The summed E-state index contributed by atoms with van der Waals surface area (Å²) in [4.78, 5) is 74.1. The minimum absolute atomic E-state index is 0.0551. The van der Waals surface area contributed by atoms with Crippen LogP contribution in [0.2, 0.25) is 0 Å². The summed E-state index contributed by atoms with van der Waals surface area (Å²) in [6, 6.07) is 15.5. The van der Waals surface area contributed by atoms with E-state index in [1.54, 1.807) is 0 Å². The van der Waals surface area contributed by atoms with Crippen LogP contribution in [0.25, 0.3) is 11.1 Å². The molecule has 1 N–H and O–H groups in total. The smallest absolute Gasteiger partial charge is 0.410 e. The molecular weight excluding hydrogens is 672 g/mol. The number of carboxylic acid groups (broad SMARTS) is 1. The van der Waals surface area contributed by atoms with Crippen molar-refractivity contribution in [2.24, 2.45) is 0 Å². The average Bonchev–Trinajstić information content (AvgIpc) is 3.66. The monoisotopic (exact) mass is 708 g/mol. The second kappa shape index (κ2) is 15.8. The van der Waals surface area contributed by atoms with Gasteiger partial charge in [-0.3, -0.25) is 28.9 Å². The molecule has 5 rings (SSSR count). The first-order chi connectivity index (χ1) is 24.3. The standard InChI is InChI=1S/C34H36N4O13/c1-18(39)46-17-28-30(48-19(2)40)31(49-20(3)41)32(50-21(4)42)33(51-28)38-14-22(35-36-38)13-37(15-29(43)44)34(45)47-16-27-25-11-7-5-9-23(25)24-10-6-8-12-26(24)27/h5-12,14,27-28,30-33H,13,15-17H2,1-4H3,(H,43,44)/t28?,30-,31?,32?,33-/m0/s1. The van der Waals surface area contributed by atoms with E-state index in [-0.39, 0.29) is 24.8 Å². The van der Waals surface area contributed by atoms with E-state index in [0.29, 0.717) is 0 Å². The van der Waals surface area contributed by atoms with Gasteiger partial charge in [0.1, 0.15) is 31.6 Å². The fourth-order valence-corrected chi connectivity index (χ4v) is 6.16. The number of carbonyl (C=O) groups is 6. The molecule has 17 heteroatoms. The Morgan fingerprint density at radius 2 is 1.33 bits per heavy atom. The maximum atomic E-state index is 13.4. The van der Waals surface area contributed by atoms with Gasteiger partial charge < -0.3 is 33.5 Å². The van der Waals surface area contributed by atoms with Crippen LogP contribution < -0.4 is 0 Å². The van der Waals surface area contributed by atoms with E-state index in [1.807, 2.05) is 48.5 Å². The molecule has 1 amide bonds. The van der Waals surface area contributed by atoms with E-state index < -0.39 is 79.7 Å². The van der Waals surface area contributed by atoms with Crippen molar-refractivity contribution in [1.29, 1.82) is 0 Å². The molecule has 0 bridgehead atoms. The number of nitrogens with zero attached hydrogens (tertiary/aromatic N) is 4. The summed E-state index contributed by atoms with van der Waals surface area (Å²) in [6.07, 6.45) is -6.55. The Hall–Kier alpha value is -5.84. The van der Waals surface area contributed by atoms with Gasteiger partial charge in [0.15, 0.2) is 24.5 Å². The Morgan fingerprint density at radius 1 is 0.765 bits per heavy atom. The van der Waals surface area contributed by atoms with Gasteiger partial charge >= 0.3 is 35.9 Å². The summed E-state index contributed by atoms with van der Waals surface area (Å²) in [5.41, 5.74) is 4.08. The summed E-state index contributed by atoms with van der Waals surface area (Å²) in [7, 11) is 0. The number of aromatic nitrogens is 3. The van der Waals surface area contributed by atoms with E-state index in [9.17, 15) is 33.9 Å². The average molecular weight is 709 g/mol. The van der Waals surface area contributed by atoms with Crippen LogP contribution in [-0.2, 0) is 58.9 Å². The molecule has 2 aliphatic rings. The highest BCUT2D eigenvalue weighted by atomic mass is 16.7. The lowest BCUT2D eigenvalue weighted by Crippen LogP contribution is -2.60. The number of amides is 1. The largest absolute Gasteiger partial charge is 0.480 e. The molecule has 0 saturated carbocycles. The van der Waals surface area contributed by atoms with E-state index in [2.05, 4.69) is 10.3 Å². The molecule has 1 aromatic heterocycles. The predicted octanol–water partition coefficient (Wildman–Crippen LogP) is 2.37. The van der Waals surface area contributed by atoms with Crippen LogP contribution in [0.1, 0.15) is 56.7 Å². The van der Waals surface area contributed by atoms with Crippen molar-refractivity contribution in [2.75, 3.05) is 19.8 Å². The molecule has 5 atom stereocenters.